The van der Waals surface area contributed by atoms with E-state index in [4.69, 9.17) is 5.21 Å². The standard InChI is InChI=1S/C5H7NOS/c1-6(7)5-2-3-8-4-5/h2-4,7H,1H3. The van der Waals surface area contributed by atoms with E-state index in [1.54, 1.807) is 18.4 Å². The SMILES string of the molecule is CN(O)c1ccsc1. The first-order valence-electron chi connectivity index (χ1n) is 2.25. The van der Waals surface area contributed by atoms with Gasteiger partial charge < -0.3 is 0 Å². The summed E-state index contributed by atoms with van der Waals surface area (Å²) in [5.41, 5.74) is 0.843. The van der Waals surface area contributed by atoms with Crippen LogP contribution in [-0.2, 0) is 0 Å². The van der Waals surface area contributed by atoms with E-state index in [1.807, 2.05) is 16.8 Å². The molecule has 1 rings (SSSR count). The zero-order valence-electron chi connectivity index (χ0n) is 4.53. The van der Waals surface area contributed by atoms with Crippen LogP contribution in [0.25, 0.3) is 0 Å². The number of hydrogen-bond acceptors (Lipinski definition) is 3. The number of hydrogen-bond donors (Lipinski definition) is 1. The lowest BCUT2D eigenvalue weighted by Gasteiger charge is -2.04. The van der Waals surface area contributed by atoms with Crippen molar-refractivity contribution in [3.05, 3.63) is 16.8 Å². The van der Waals surface area contributed by atoms with E-state index in [0.717, 1.165) is 10.8 Å². The van der Waals surface area contributed by atoms with E-state index in [9.17, 15) is 0 Å². The molecule has 0 atom stereocenters. The molecule has 0 radical (unpaired) electrons. The van der Waals surface area contributed by atoms with Crippen molar-refractivity contribution in [2.45, 2.75) is 0 Å². The topological polar surface area (TPSA) is 23.5 Å². The molecule has 0 aromatic carbocycles. The summed E-state index contributed by atoms with van der Waals surface area (Å²) in [5, 5.41) is 13.6. The van der Waals surface area contributed by atoms with Crippen LogP contribution < -0.4 is 5.06 Å². The lowest BCUT2D eigenvalue weighted by atomic mass is 10.5. The lowest BCUT2D eigenvalue weighted by Crippen LogP contribution is -2.07. The van der Waals surface area contributed by atoms with Gasteiger partial charge in [0.1, 0.15) is 0 Å². The second-order valence-corrected chi connectivity index (χ2v) is 2.29. The number of anilines is 1. The van der Waals surface area contributed by atoms with Gasteiger partial charge in [0.15, 0.2) is 0 Å². The van der Waals surface area contributed by atoms with Crippen LogP contribution in [0.1, 0.15) is 0 Å². The van der Waals surface area contributed by atoms with E-state index < -0.39 is 0 Å². The van der Waals surface area contributed by atoms with Gasteiger partial charge in [-0.25, -0.2) is 0 Å². The Morgan fingerprint density at radius 2 is 2.50 bits per heavy atom. The molecule has 1 aromatic heterocycles. The fraction of sp³-hybridized carbons (Fsp3) is 0.200. The van der Waals surface area contributed by atoms with Crippen molar-refractivity contribution in [2.75, 3.05) is 12.1 Å². The van der Waals surface area contributed by atoms with Crippen LogP contribution in [0, 0.1) is 0 Å². The summed E-state index contributed by atoms with van der Waals surface area (Å²) in [7, 11) is 1.60. The highest BCUT2D eigenvalue weighted by atomic mass is 32.1. The smallest absolute Gasteiger partial charge is 0.0737 e. The molecule has 0 spiro atoms. The summed E-state index contributed by atoms with van der Waals surface area (Å²) >= 11 is 1.57. The molecule has 0 amide bonds. The third-order valence-electron chi connectivity index (χ3n) is 0.880. The molecule has 44 valence electrons. The van der Waals surface area contributed by atoms with E-state index in [0.29, 0.717) is 0 Å². The van der Waals surface area contributed by atoms with E-state index in [1.165, 1.54) is 0 Å². The van der Waals surface area contributed by atoms with Crippen LogP contribution in [0.15, 0.2) is 16.8 Å². The van der Waals surface area contributed by atoms with Crippen LogP contribution in [-0.4, -0.2) is 12.3 Å². The molecular formula is C5H7NOS. The first kappa shape index (κ1) is 5.59. The first-order chi connectivity index (χ1) is 3.80. The zero-order valence-corrected chi connectivity index (χ0v) is 5.35. The van der Waals surface area contributed by atoms with Crippen molar-refractivity contribution in [3.8, 4) is 0 Å². The fourth-order valence-electron chi connectivity index (χ4n) is 0.441. The summed E-state index contributed by atoms with van der Waals surface area (Å²) in [6.07, 6.45) is 0. The summed E-state index contributed by atoms with van der Waals surface area (Å²) in [6, 6.07) is 1.85. The maximum atomic E-state index is 8.75. The predicted octanol–water partition coefficient (Wildman–Crippen LogP) is 1.57. The molecule has 0 saturated heterocycles. The summed E-state index contributed by atoms with van der Waals surface area (Å²) in [6.45, 7) is 0. The minimum atomic E-state index is 0.843. The van der Waals surface area contributed by atoms with Gasteiger partial charge in [0, 0.05) is 12.4 Å². The Hall–Kier alpha value is -0.540. The summed E-state index contributed by atoms with van der Waals surface area (Å²) in [4.78, 5) is 0. The lowest BCUT2D eigenvalue weighted by molar-refractivity contribution is 0.280. The van der Waals surface area contributed by atoms with Crippen molar-refractivity contribution < 1.29 is 5.21 Å². The zero-order chi connectivity index (χ0) is 5.98. The number of thiophene rings is 1. The highest BCUT2D eigenvalue weighted by Gasteiger charge is 1.91. The monoisotopic (exact) mass is 129 g/mol. The second-order valence-electron chi connectivity index (χ2n) is 1.51. The maximum Gasteiger partial charge on any atom is 0.0737 e. The Morgan fingerprint density at radius 1 is 1.75 bits per heavy atom. The van der Waals surface area contributed by atoms with Gasteiger partial charge in [-0.3, -0.25) is 10.3 Å². The molecule has 1 heterocycles. The van der Waals surface area contributed by atoms with Crippen molar-refractivity contribution in [2.24, 2.45) is 0 Å². The minimum Gasteiger partial charge on any atom is -0.289 e. The number of rotatable bonds is 1. The Morgan fingerprint density at radius 3 is 2.75 bits per heavy atom. The number of hydroxylamine groups is 1. The largest absolute Gasteiger partial charge is 0.289 e. The van der Waals surface area contributed by atoms with Gasteiger partial charge in [0.2, 0.25) is 0 Å². The van der Waals surface area contributed by atoms with Crippen LogP contribution in [0.5, 0.6) is 0 Å². The Kier molecular flexibility index (Phi) is 1.50. The van der Waals surface area contributed by atoms with Gasteiger partial charge in [0.05, 0.1) is 5.69 Å². The van der Waals surface area contributed by atoms with Crippen LogP contribution in [0.4, 0.5) is 5.69 Å². The normalized spacial score (nSPS) is 9.25. The van der Waals surface area contributed by atoms with Gasteiger partial charge in [-0.15, -0.1) is 0 Å². The van der Waals surface area contributed by atoms with Gasteiger partial charge in [-0.05, 0) is 11.4 Å². The third kappa shape index (κ3) is 0.993. The third-order valence-corrected chi connectivity index (χ3v) is 1.55. The molecule has 0 aliphatic rings. The van der Waals surface area contributed by atoms with Gasteiger partial charge >= 0.3 is 0 Å². The van der Waals surface area contributed by atoms with Gasteiger partial charge in [0.25, 0.3) is 0 Å². The van der Waals surface area contributed by atoms with Crippen molar-refractivity contribution in [1.29, 1.82) is 0 Å². The van der Waals surface area contributed by atoms with Crippen molar-refractivity contribution in [1.82, 2.24) is 0 Å². The molecule has 1 aromatic rings. The Balaban J connectivity index is 2.77. The number of nitrogens with zero attached hydrogens (tertiary/aromatic N) is 1. The molecule has 0 unspecified atom stereocenters. The molecule has 0 aliphatic heterocycles. The summed E-state index contributed by atoms with van der Waals surface area (Å²) in [5.74, 6) is 0. The highest BCUT2D eigenvalue weighted by Crippen LogP contribution is 2.13. The molecule has 0 aliphatic carbocycles. The van der Waals surface area contributed by atoms with Crippen molar-refractivity contribution in [3.63, 3.8) is 0 Å². The molecule has 1 N–H and O–H groups in total. The minimum absolute atomic E-state index is 0.843. The van der Waals surface area contributed by atoms with E-state index >= 15 is 0 Å². The van der Waals surface area contributed by atoms with E-state index in [2.05, 4.69) is 0 Å². The molecule has 0 bridgehead atoms. The Bertz CT molecular complexity index is 147. The highest BCUT2D eigenvalue weighted by molar-refractivity contribution is 7.08. The van der Waals surface area contributed by atoms with Gasteiger partial charge in [-0.2, -0.15) is 11.3 Å². The average molecular weight is 129 g/mol. The van der Waals surface area contributed by atoms with Gasteiger partial charge in [-0.1, -0.05) is 0 Å². The molecular weight excluding hydrogens is 122 g/mol. The first-order valence-corrected chi connectivity index (χ1v) is 3.20. The van der Waals surface area contributed by atoms with Crippen molar-refractivity contribution >= 4 is 17.0 Å². The molecule has 0 saturated carbocycles. The average Bonchev–Trinajstić information content (AvgIpc) is 2.12. The molecule has 3 heteroatoms. The molecule has 0 fully saturated rings. The maximum absolute atomic E-state index is 8.75. The molecule has 8 heavy (non-hydrogen) atoms. The molecule has 2 nitrogen and oxygen atoms in total. The van der Waals surface area contributed by atoms with E-state index in [-0.39, 0.29) is 0 Å². The fourth-order valence-corrected chi connectivity index (χ4v) is 1.11. The quantitative estimate of drug-likeness (QED) is 0.582. The van der Waals surface area contributed by atoms with Crippen LogP contribution in [0.2, 0.25) is 0 Å². The second kappa shape index (κ2) is 2.15. The van der Waals surface area contributed by atoms with Crippen LogP contribution >= 0.6 is 11.3 Å². The Labute approximate surface area is 51.9 Å². The summed E-state index contributed by atoms with van der Waals surface area (Å²) < 4.78 is 0. The van der Waals surface area contributed by atoms with Crippen LogP contribution in [0.3, 0.4) is 0 Å². The predicted molar refractivity (Wildman–Crippen MR) is 34.5 cm³/mol.